The largest absolute Gasteiger partial charge is 0.352 e. The van der Waals surface area contributed by atoms with Crippen LogP contribution in [-0.4, -0.2) is 22.1 Å². The second-order valence-corrected chi connectivity index (χ2v) is 7.06. The number of nitrogens with zero attached hydrogens (tertiary/aromatic N) is 2. The lowest BCUT2D eigenvalue weighted by molar-refractivity contribution is -0.121. The van der Waals surface area contributed by atoms with Gasteiger partial charge in [0.25, 0.3) is 0 Å². The van der Waals surface area contributed by atoms with Gasteiger partial charge in [0.15, 0.2) is 5.16 Å². The Balaban J connectivity index is 1.93. The Hall–Kier alpha value is -1.47. The second kappa shape index (κ2) is 8.58. The zero-order valence-corrected chi connectivity index (χ0v) is 16.2. The summed E-state index contributed by atoms with van der Waals surface area (Å²) in [4.78, 5) is 20.9. The number of rotatable bonds is 6. The van der Waals surface area contributed by atoms with Crippen molar-refractivity contribution in [1.29, 1.82) is 0 Å². The Bertz CT molecular complexity index is 732. The van der Waals surface area contributed by atoms with E-state index in [1.54, 1.807) is 12.1 Å². The van der Waals surface area contributed by atoms with Gasteiger partial charge in [0, 0.05) is 34.4 Å². The van der Waals surface area contributed by atoms with Gasteiger partial charge in [-0.25, -0.2) is 14.4 Å². The van der Waals surface area contributed by atoms with Gasteiger partial charge in [-0.05, 0) is 50.3 Å². The zero-order chi connectivity index (χ0) is 17.7. The molecule has 0 radical (unpaired) electrons. The van der Waals surface area contributed by atoms with E-state index in [0.717, 1.165) is 26.6 Å². The number of aryl methyl sites for hydroxylation is 2. The predicted octanol–water partition coefficient (Wildman–Crippen LogP) is 3.97. The maximum absolute atomic E-state index is 13.7. The van der Waals surface area contributed by atoms with Crippen LogP contribution < -0.4 is 5.32 Å². The Kier molecular flexibility index (Phi) is 6.74. The molecule has 7 heteroatoms. The van der Waals surface area contributed by atoms with Gasteiger partial charge in [-0.2, -0.15) is 0 Å². The van der Waals surface area contributed by atoms with Gasteiger partial charge in [0.05, 0.1) is 0 Å². The van der Waals surface area contributed by atoms with Crippen LogP contribution in [0.4, 0.5) is 4.39 Å². The maximum Gasteiger partial charge on any atom is 0.220 e. The molecule has 1 amide bonds. The van der Waals surface area contributed by atoms with Gasteiger partial charge in [-0.15, -0.1) is 0 Å². The fourth-order valence-electron chi connectivity index (χ4n) is 2.36. The molecule has 4 nitrogen and oxygen atoms in total. The lowest BCUT2D eigenvalue weighted by Gasteiger charge is -2.10. The molecule has 2 aromatic rings. The average Bonchev–Trinajstić information content (AvgIpc) is 2.54. The quantitative estimate of drug-likeness (QED) is 0.577. The van der Waals surface area contributed by atoms with Crippen LogP contribution in [0.5, 0.6) is 0 Å². The fraction of sp³-hybridized carbons (Fsp3) is 0.353. The molecule has 1 aromatic carbocycles. The molecule has 0 bridgehead atoms. The number of carbonyl (C=O) groups is 1. The molecule has 24 heavy (non-hydrogen) atoms. The van der Waals surface area contributed by atoms with Crippen LogP contribution in [0.25, 0.3) is 0 Å². The smallest absolute Gasteiger partial charge is 0.220 e. The summed E-state index contributed by atoms with van der Waals surface area (Å²) >= 11 is 4.79. The van der Waals surface area contributed by atoms with Crippen molar-refractivity contribution in [3.63, 3.8) is 0 Å². The van der Waals surface area contributed by atoms with Gasteiger partial charge >= 0.3 is 0 Å². The van der Waals surface area contributed by atoms with E-state index in [9.17, 15) is 9.18 Å². The van der Waals surface area contributed by atoms with Crippen LogP contribution in [0, 0.1) is 19.7 Å². The lowest BCUT2D eigenvalue weighted by Crippen LogP contribution is -2.24. The Morgan fingerprint density at radius 1 is 1.29 bits per heavy atom. The molecule has 2 rings (SSSR count). The van der Waals surface area contributed by atoms with Crippen LogP contribution in [-0.2, 0) is 17.8 Å². The number of amides is 1. The number of benzene rings is 1. The fourth-order valence-corrected chi connectivity index (χ4v) is 3.23. The SMILES string of the molecule is CSc1nc(C)c(CCC(=O)NCc2cc(Br)ccc2F)c(C)n1. The second-order valence-electron chi connectivity index (χ2n) is 5.37. The molecular formula is C17H19BrFN3OS. The average molecular weight is 412 g/mol. The standard InChI is InChI=1S/C17H19BrFN3OS/c1-10-14(11(2)22-17(21-10)24-3)5-7-16(23)20-9-12-8-13(18)4-6-15(12)19/h4,6,8H,5,7,9H2,1-3H3,(H,20,23). The van der Waals surface area contributed by atoms with Crippen molar-refractivity contribution in [1.82, 2.24) is 15.3 Å². The van der Waals surface area contributed by atoms with Gasteiger partial charge < -0.3 is 5.32 Å². The summed E-state index contributed by atoms with van der Waals surface area (Å²) in [6.07, 6.45) is 2.82. The lowest BCUT2D eigenvalue weighted by atomic mass is 10.1. The summed E-state index contributed by atoms with van der Waals surface area (Å²) in [5.74, 6) is -0.451. The molecule has 0 saturated heterocycles. The Morgan fingerprint density at radius 3 is 2.58 bits per heavy atom. The number of aromatic nitrogens is 2. The van der Waals surface area contributed by atoms with E-state index >= 15 is 0 Å². The normalized spacial score (nSPS) is 10.7. The molecule has 0 fully saturated rings. The first-order valence-corrected chi connectivity index (χ1v) is 9.51. The molecule has 0 unspecified atom stereocenters. The predicted molar refractivity (Wildman–Crippen MR) is 97.6 cm³/mol. The molecule has 0 spiro atoms. The van der Waals surface area contributed by atoms with Gasteiger partial charge in [-0.3, -0.25) is 4.79 Å². The van der Waals surface area contributed by atoms with Crippen LogP contribution in [0.3, 0.4) is 0 Å². The highest BCUT2D eigenvalue weighted by Crippen LogP contribution is 2.18. The van der Waals surface area contributed by atoms with Crippen molar-refractivity contribution in [3.05, 3.63) is 51.0 Å². The number of hydrogen-bond donors (Lipinski definition) is 1. The minimum atomic E-state index is -0.328. The van der Waals surface area contributed by atoms with E-state index in [4.69, 9.17) is 0 Å². The summed E-state index contributed by atoms with van der Waals surface area (Å²) < 4.78 is 14.4. The minimum absolute atomic E-state index is 0.123. The molecule has 1 N–H and O–H groups in total. The van der Waals surface area contributed by atoms with Gasteiger partial charge in [0.1, 0.15) is 5.82 Å². The van der Waals surface area contributed by atoms with Gasteiger partial charge in [0.2, 0.25) is 5.91 Å². The summed E-state index contributed by atoms with van der Waals surface area (Å²) in [7, 11) is 0. The Morgan fingerprint density at radius 2 is 1.96 bits per heavy atom. The molecule has 1 aromatic heterocycles. The van der Waals surface area contributed by atoms with Crippen molar-refractivity contribution in [3.8, 4) is 0 Å². The number of nitrogens with one attached hydrogen (secondary N) is 1. The topological polar surface area (TPSA) is 54.9 Å². The third kappa shape index (κ3) is 5.01. The minimum Gasteiger partial charge on any atom is -0.352 e. The molecular weight excluding hydrogens is 393 g/mol. The molecule has 0 aliphatic rings. The first-order valence-electron chi connectivity index (χ1n) is 7.49. The van der Waals surface area contributed by atoms with Crippen molar-refractivity contribution in [2.45, 2.75) is 38.4 Å². The van der Waals surface area contributed by atoms with Crippen LogP contribution >= 0.6 is 27.7 Å². The van der Waals surface area contributed by atoms with Gasteiger partial charge in [-0.1, -0.05) is 27.7 Å². The van der Waals surface area contributed by atoms with Crippen molar-refractivity contribution in [2.75, 3.05) is 6.26 Å². The van der Waals surface area contributed by atoms with E-state index in [-0.39, 0.29) is 18.3 Å². The van der Waals surface area contributed by atoms with E-state index in [0.29, 0.717) is 18.4 Å². The monoisotopic (exact) mass is 411 g/mol. The van der Waals surface area contributed by atoms with Crippen molar-refractivity contribution >= 4 is 33.6 Å². The molecule has 1 heterocycles. The summed E-state index contributed by atoms with van der Waals surface area (Å²) in [6, 6.07) is 4.67. The van der Waals surface area contributed by atoms with Crippen LogP contribution in [0.2, 0.25) is 0 Å². The van der Waals surface area contributed by atoms with Crippen molar-refractivity contribution in [2.24, 2.45) is 0 Å². The van der Waals surface area contributed by atoms with E-state index < -0.39 is 0 Å². The molecule has 128 valence electrons. The van der Waals surface area contributed by atoms with Crippen molar-refractivity contribution < 1.29 is 9.18 Å². The highest BCUT2D eigenvalue weighted by molar-refractivity contribution is 9.10. The summed E-state index contributed by atoms with van der Waals surface area (Å²) in [5.41, 5.74) is 3.25. The first-order chi connectivity index (χ1) is 11.4. The maximum atomic E-state index is 13.7. The molecule has 0 aliphatic heterocycles. The van der Waals surface area contributed by atoms with Crippen LogP contribution in [0.15, 0.2) is 27.8 Å². The van der Waals surface area contributed by atoms with E-state index in [1.165, 1.54) is 17.8 Å². The number of carbonyl (C=O) groups excluding carboxylic acids is 1. The zero-order valence-electron chi connectivity index (χ0n) is 13.8. The van der Waals surface area contributed by atoms with E-state index in [1.807, 2.05) is 20.1 Å². The number of hydrogen-bond acceptors (Lipinski definition) is 4. The molecule has 0 saturated carbocycles. The number of halogens is 2. The summed E-state index contributed by atoms with van der Waals surface area (Å²) in [6.45, 7) is 4.03. The Labute approximate surface area is 153 Å². The number of thioether (sulfide) groups is 1. The molecule has 0 atom stereocenters. The van der Waals surface area contributed by atoms with E-state index in [2.05, 4.69) is 31.2 Å². The first kappa shape index (κ1) is 18.9. The third-order valence-corrected chi connectivity index (χ3v) is 4.71. The molecule has 0 aliphatic carbocycles. The summed E-state index contributed by atoms with van der Waals surface area (Å²) in [5, 5.41) is 3.49. The highest BCUT2D eigenvalue weighted by atomic mass is 79.9. The third-order valence-electron chi connectivity index (χ3n) is 3.67. The highest BCUT2D eigenvalue weighted by Gasteiger charge is 2.11. The van der Waals surface area contributed by atoms with Crippen LogP contribution in [0.1, 0.15) is 28.9 Å².